The number of hydrogen-bond acceptors (Lipinski definition) is 3. The Kier molecular flexibility index (Phi) is 4.02. The molecular formula is C14H13ClN2O2. The molecule has 1 aromatic heterocycles. The molecular weight excluding hydrogens is 264 g/mol. The maximum absolute atomic E-state index is 10.9. The van der Waals surface area contributed by atoms with Crippen LogP contribution in [0.3, 0.4) is 0 Å². The predicted molar refractivity (Wildman–Crippen MR) is 74.7 cm³/mol. The lowest BCUT2D eigenvalue weighted by Crippen LogP contribution is -2.06. The SMILES string of the molecule is Cc1nc(NCc2cccc(Cl)c2)ccc1C(=O)O. The van der Waals surface area contributed by atoms with Gasteiger partial charge >= 0.3 is 5.97 Å². The van der Waals surface area contributed by atoms with Gasteiger partial charge in [-0.25, -0.2) is 9.78 Å². The van der Waals surface area contributed by atoms with E-state index in [0.29, 0.717) is 23.1 Å². The van der Waals surface area contributed by atoms with Crippen molar-refractivity contribution in [2.75, 3.05) is 5.32 Å². The standard InChI is InChI=1S/C14H13ClN2O2/c1-9-12(14(18)19)5-6-13(17-9)16-8-10-3-2-4-11(15)7-10/h2-7H,8H2,1H3,(H,16,17)(H,18,19). The van der Waals surface area contributed by atoms with Gasteiger partial charge in [-0.2, -0.15) is 0 Å². The van der Waals surface area contributed by atoms with Crippen LogP contribution in [0, 0.1) is 6.92 Å². The number of carboxylic acid groups (broad SMARTS) is 1. The molecule has 0 unspecified atom stereocenters. The molecule has 2 aromatic rings. The van der Waals surface area contributed by atoms with Gasteiger partial charge in [0, 0.05) is 11.6 Å². The number of aromatic carboxylic acids is 1. The minimum absolute atomic E-state index is 0.216. The van der Waals surface area contributed by atoms with Crippen LogP contribution in [-0.2, 0) is 6.54 Å². The first-order valence-corrected chi connectivity index (χ1v) is 6.13. The maximum Gasteiger partial charge on any atom is 0.337 e. The number of anilines is 1. The molecule has 98 valence electrons. The van der Waals surface area contributed by atoms with Crippen LogP contribution in [-0.4, -0.2) is 16.1 Å². The van der Waals surface area contributed by atoms with Gasteiger partial charge in [-0.1, -0.05) is 23.7 Å². The highest BCUT2D eigenvalue weighted by Gasteiger charge is 2.08. The van der Waals surface area contributed by atoms with Gasteiger partial charge in [0.25, 0.3) is 0 Å². The highest BCUT2D eigenvalue weighted by molar-refractivity contribution is 6.30. The molecule has 0 aliphatic heterocycles. The molecule has 0 amide bonds. The third-order valence-corrected chi connectivity index (χ3v) is 2.91. The molecule has 1 heterocycles. The molecule has 2 N–H and O–H groups in total. The van der Waals surface area contributed by atoms with Gasteiger partial charge in [0.2, 0.25) is 0 Å². The van der Waals surface area contributed by atoms with Crippen molar-refractivity contribution in [1.82, 2.24) is 4.98 Å². The summed E-state index contributed by atoms with van der Waals surface area (Å²) in [5, 5.41) is 12.7. The number of benzene rings is 1. The second kappa shape index (κ2) is 5.71. The van der Waals surface area contributed by atoms with Crippen LogP contribution in [0.1, 0.15) is 21.6 Å². The molecule has 0 aliphatic rings. The Morgan fingerprint density at radius 2 is 2.16 bits per heavy atom. The summed E-state index contributed by atoms with van der Waals surface area (Å²) >= 11 is 5.90. The lowest BCUT2D eigenvalue weighted by atomic mass is 10.2. The fourth-order valence-corrected chi connectivity index (χ4v) is 1.94. The van der Waals surface area contributed by atoms with E-state index in [4.69, 9.17) is 16.7 Å². The number of nitrogens with zero attached hydrogens (tertiary/aromatic N) is 1. The predicted octanol–water partition coefficient (Wildman–Crippen LogP) is 3.35. The first-order valence-electron chi connectivity index (χ1n) is 5.75. The monoisotopic (exact) mass is 276 g/mol. The van der Waals surface area contributed by atoms with Crippen molar-refractivity contribution < 1.29 is 9.90 Å². The molecule has 5 heteroatoms. The lowest BCUT2D eigenvalue weighted by Gasteiger charge is -2.08. The van der Waals surface area contributed by atoms with E-state index in [1.807, 2.05) is 24.3 Å². The number of hydrogen-bond donors (Lipinski definition) is 2. The fourth-order valence-electron chi connectivity index (χ4n) is 1.73. The summed E-state index contributed by atoms with van der Waals surface area (Å²) in [6.07, 6.45) is 0. The summed E-state index contributed by atoms with van der Waals surface area (Å²) < 4.78 is 0. The van der Waals surface area contributed by atoms with E-state index in [0.717, 1.165) is 5.56 Å². The van der Waals surface area contributed by atoms with Gasteiger partial charge in [0.05, 0.1) is 11.3 Å². The van der Waals surface area contributed by atoms with Crippen molar-refractivity contribution in [3.05, 3.63) is 58.2 Å². The zero-order chi connectivity index (χ0) is 13.8. The zero-order valence-electron chi connectivity index (χ0n) is 10.4. The Labute approximate surface area is 116 Å². The summed E-state index contributed by atoms with van der Waals surface area (Å²) in [7, 11) is 0. The Morgan fingerprint density at radius 1 is 1.37 bits per heavy atom. The number of carbonyl (C=O) groups is 1. The molecule has 4 nitrogen and oxygen atoms in total. The van der Waals surface area contributed by atoms with Gasteiger partial charge in [-0.3, -0.25) is 0 Å². The van der Waals surface area contributed by atoms with E-state index in [9.17, 15) is 4.79 Å². The third-order valence-electron chi connectivity index (χ3n) is 2.68. The molecule has 0 fully saturated rings. The van der Waals surface area contributed by atoms with Crippen LogP contribution < -0.4 is 5.32 Å². The highest BCUT2D eigenvalue weighted by Crippen LogP contribution is 2.14. The number of pyridine rings is 1. The Bertz CT molecular complexity index is 614. The van der Waals surface area contributed by atoms with Crippen molar-refractivity contribution in [2.24, 2.45) is 0 Å². The number of aromatic nitrogens is 1. The Hall–Kier alpha value is -2.07. The minimum Gasteiger partial charge on any atom is -0.478 e. The first-order chi connectivity index (χ1) is 9.06. The van der Waals surface area contributed by atoms with Crippen molar-refractivity contribution in [3.8, 4) is 0 Å². The third kappa shape index (κ3) is 3.45. The summed E-state index contributed by atoms with van der Waals surface area (Å²) in [5.41, 5.74) is 1.74. The Balaban J connectivity index is 2.08. The molecule has 0 aliphatic carbocycles. The molecule has 0 atom stereocenters. The topological polar surface area (TPSA) is 62.2 Å². The number of carboxylic acids is 1. The highest BCUT2D eigenvalue weighted by atomic mass is 35.5. The largest absolute Gasteiger partial charge is 0.478 e. The molecule has 0 saturated carbocycles. The van der Waals surface area contributed by atoms with Gasteiger partial charge < -0.3 is 10.4 Å². The first kappa shape index (κ1) is 13.4. The van der Waals surface area contributed by atoms with Crippen molar-refractivity contribution >= 4 is 23.4 Å². The minimum atomic E-state index is -0.966. The molecule has 0 saturated heterocycles. The molecule has 1 aromatic carbocycles. The molecule has 0 bridgehead atoms. The molecule has 2 rings (SSSR count). The average molecular weight is 277 g/mol. The van der Waals surface area contributed by atoms with Gasteiger partial charge in [0.1, 0.15) is 5.82 Å². The van der Waals surface area contributed by atoms with Crippen molar-refractivity contribution in [1.29, 1.82) is 0 Å². The quantitative estimate of drug-likeness (QED) is 0.899. The Morgan fingerprint density at radius 3 is 2.79 bits per heavy atom. The van der Waals surface area contributed by atoms with Crippen LogP contribution >= 0.6 is 11.6 Å². The van der Waals surface area contributed by atoms with Crippen LogP contribution in [0.15, 0.2) is 36.4 Å². The van der Waals surface area contributed by atoms with E-state index >= 15 is 0 Å². The van der Waals surface area contributed by atoms with Crippen LogP contribution in [0.5, 0.6) is 0 Å². The van der Waals surface area contributed by atoms with Crippen molar-refractivity contribution in [3.63, 3.8) is 0 Å². The summed E-state index contributed by atoms with van der Waals surface area (Å²) in [6, 6.07) is 10.7. The zero-order valence-corrected chi connectivity index (χ0v) is 11.1. The summed E-state index contributed by atoms with van der Waals surface area (Å²) in [6.45, 7) is 2.26. The maximum atomic E-state index is 10.9. The summed E-state index contributed by atoms with van der Waals surface area (Å²) in [4.78, 5) is 15.1. The van der Waals surface area contributed by atoms with Gasteiger partial charge in [-0.15, -0.1) is 0 Å². The second-order valence-electron chi connectivity index (χ2n) is 4.12. The second-order valence-corrected chi connectivity index (χ2v) is 4.55. The van der Waals surface area contributed by atoms with Crippen LogP contribution in [0.2, 0.25) is 5.02 Å². The van der Waals surface area contributed by atoms with E-state index in [1.165, 1.54) is 0 Å². The van der Waals surface area contributed by atoms with E-state index in [2.05, 4.69) is 10.3 Å². The number of halogens is 1. The van der Waals surface area contributed by atoms with Gasteiger partial charge in [-0.05, 0) is 36.8 Å². The fraction of sp³-hybridized carbons (Fsp3) is 0.143. The number of aryl methyl sites for hydroxylation is 1. The van der Waals surface area contributed by atoms with Crippen LogP contribution in [0.4, 0.5) is 5.82 Å². The molecule has 0 radical (unpaired) electrons. The molecule has 19 heavy (non-hydrogen) atoms. The van der Waals surface area contributed by atoms with E-state index in [-0.39, 0.29) is 5.56 Å². The number of nitrogens with one attached hydrogen (secondary N) is 1. The lowest BCUT2D eigenvalue weighted by molar-refractivity contribution is 0.0695. The number of rotatable bonds is 4. The van der Waals surface area contributed by atoms with Crippen LogP contribution in [0.25, 0.3) is 0 Å². The van der Waals surface area contributed by atoms with Crippen molar-refractivity contribution in [2.45, 2.75) is 13.5 Å². The normalized spacial score (nSPS) is 10.2. The van der Waals surface area contributed by atoms with E-state index < -0.39 is 5.97 Å². The molecule has 0 spiro atoms. The summed E-state index contributed by atoms with van der Waals surface area (Å²) in [5.74, 6) is -0.325. The smallest absolute Gasteiger partial charge is 0.337 e. The van der Waals surface area contributed by atoms with E-state index in [1.54, 1.807) is 19.1 Å². The average Bonchev–Trinajstić information content (AvgIpc) is 2.36. The van der Waals surface area contributed by atoms with Gasteiger partial charge in [0.15, 0.2) is 0 Å².